The second-order valence-corrected chi connectivity index (χ2v) is 11.4. The summed E-state index contributed by atoms with van der Waals surface area (Å²) in [6.07, 6.45) is 8.98. The van der Waals surface area contributed by atoms with Crippen LogP contribution in [0.4, 0.5) is 0 Å². The van der Waals surface area contributed by atoms with Crippen LogP contribution >= 0.6 is 0 Å². The maximum atomic E-state index is 12.1. The van der Waals surface area contributed by atoms with Gasteiger partial charge in [0.15, 0.2) is 5.70 Å². The quantitative estimate of drug-likeness (QED) is 0.315. The highest BCUT2D eigenvalue weighted by molar-refractivity contribution is 5.92. The molecule has 8 unspecified atom stereocenters. The van der Waals surface area contributed by atoms with Crippen LogP contribution in [-0.2, 0) is 9.59 Å². The monoisotopic (exact) mass is 448 g/mol. The van der Waals surface area contributed by atoms with Gasteiger partial charge in [0.05, 0.1) is 6.10 Å². The zero-order valence-electron chi connectivity index (χ0n) is 19.5. The number of hydrogen-bond donors (Lipinski definition) is 5. The lowest BCUT2D eigenvalue weighted by Gasteiger charge is -2.62. The zero-order valence-corrected chi connectivity index (χ0v) is 19.5. The van der Waals surface area contributed by atoms with Gasteiger partial charge in [-0.05, 0) is 105 Å². The van der Waals surface area contributed by atoms with E-state index in [4.69, 9.17) is 10.2 Å². The van der Waals surface area contributed by atoms with Gasteiger partial charge < -0.3 is 26.0 Å². The minimum Gasteiger partial charge on any atom is -0.513 e. The Morgan fingerprint density at radius 1 is 1.12 bits per heavy atom. The molecule has 4 rings (SSSR count). The number of piperidine rings is 1. The Morgan fingerprint density at radius 2 is 1.88 bits per heavy atom. The number of aliphatic hydroxyl groups excluding tert-OH is 2. The van der Waals surface area contributed by atoms with Crippen LogP contribution in [0.3, 0.4) is 0 Å². The molecule has 0 spiro atoms. The summed E-state index contributed by atoms with van der Waals surface area (Å²) < 4.78 is 0. The zero-order chi connectivity index (χ0) is 23.1. The topological polar surface area (TPSA) is 119 Å². The molecule has 0 bridgehead atoms. The Morgan fingerprint density at radius 3 is 2.59 bits per heavy atom. The van der Waals surface area contributed by atoms with E-state index in [0.29, 0.717) is 47.7 Å². The number of carbonyl (C=O) groups is 2. The van der Waals surface area contributed by atoms with Crippen molar-refractivity contribution < 1.29 is 24.9 Å². The second-order valence-electron chi connectivity index (χ2n) is 11.4. The van der Waals surface area contributed by atoms with Gasteiger partial charge in [0.25, 0.3) is 0 Å². The lowest BCUT2D eigenvalue weighted by Crippen LogP contribution is -2.60. The maximum absolute atomic E-state index is 12.1. The Hall–Kier alpha value is -1.60. The molecule has 0 aromatic rings. The molecule has 1 heterocycles. The number of hydrogen-bond acceptors (Lipinski definition) is 5. The van der Waals surface area contributed by atoms with E-state index in [9.17, 15) is 14.7 Å². The first-order valence-electron chi connectivity index (χ1n) is 12.5. The van der Waals surface area contributed by atoms with Crippen LogP contribution in [0.5, 0.6) is 0 Å². The predicted molar refractivity (Wildman–Crippen MR) is 121 cm³/mol. The molecule has 1 aliphatic heterocycles. The van der Waals surface area contributed by atoms with E-state index < -0.39 is 11.7 Å². The van der Waals surface area contributed by atoms with Gasteiger partial charge in [-0.15, -0.1) is 0 Å². The van der Waals surface area contributed by atoms with Crippen molar-refractivity contribution in [3.8, 4) is 0 Å². The fourth-order valence-electron chi connectivity index (χ4n) is 8.31. The largest absolute Gasteiger partial charge is 0.513 e. The average Bonchev–Trinajstić information content (AvgIpc) is 3.08. The normalized spacial score (nSPS) is 43.7. The first kappa shape index (κ1) is 23.6. The first-order valence-corrected chi connectivity index (χ1v) is 12.5. The van der Waals surface area contributed by atoms with Gasteiger partial charge in [0.2, 0.25) is 5.91 Å². The molecule has 32 heavy (non-hydrogen) atoms. The molecule has 1 saturated heterocycles. The van der Waals surface area contributed by atoms with E-state index in [2.05, 4.69) is 24.5 Å². The fraction of sp³-hybridized carbons (Fsp3) is 0.840. The standard InChI is InChI=1S/C25H40N2O5/c1-24-9-8-18-22(20(29)12-16-13-26-11-10-25(16,18)2)17(24)7-6-15(24)4-3-5-21(30)27-19(14-28)23(31)32/h14-18,20,22,26,28-29H,3-13H2,1-2H3,(H,27,30)(H,31,32)/b19-14+. The summed E-state index contributed by atoms with van der Waals surface area (Å²) in [5.41, 5.74) is 0.0675. The third-order valence-electron chi connectivity index (χ3n) is 10.1. The van der Waals surface area contributed by atoms with Crippen molar-refractivity contribution in [1.29, 1.82) is 0 Å². The SMILES string of the molecule is CC12CCC3C(C(O)CC4CNCCC43C)C1CCC2CCCC(=O)N/C(=C/O)C(=O)O. The van der Waals surface area contributed by atoms with Gasteiger partial charge in [0.1, 0.15) is 6.26 Å². The Bertz CT molecular complexity index is 769. The molecule has 7 nitrogen and oxygen atoms in total. The van der Waals surface area contributed by atoms with Gasteiger partial charge in [-0.25, -0.2) is 4.79 Å². The van der Waals surface area contributed by atoms with Gasteiger partial charge in [-0.2, -0.15) is 0 Å². The molecule has 4 aliphatic rings. The molecule has 0 radical (unpaired) electrons. The second kappa shape index (κ2) is 8.98. The fourth-order valence-corrected chi connectivity index (χ4v) is 8.31. The summed E-state index contributed by atoms with van der Waals surface area (Å²) in [5.74, 6) is 0.965. The molecular formula is C25H40N2O5. The number of aliphatic carboxylic acids is 1. The molecule has 5 N–H and O–H groups in total. The lowest BCUT2D eigenvalue weighted by molar-refractivity contribution is -0.159. The predicted octanol–water partition coefficient (Wildman–Crippen LogP) is 3.20. The van der Waals surface area contributed by atoms with Crippen molar-refractivity contribution in [1.82, 2.24) is 10.6 Å². The average molecular weight is 449 g/mol. The van der Waals surface area contributed by atoms with Crippen LogP contribution in [0.15, 0.2) is 12.0 Å². The third-order valence-corrected chi connectivity index (χ3v) is 10.1. The molecule has 1 amide bonds. The third kappa shape index (κ3) is 3.96. The number of amides is 1. The molecule has 3 saturated carbocycles. The van der Waals surface area contributed by atoms with Crippen LogP contribution in [0.25, 0.3) is 0 Å². The van der Waals surface area contributed by atoms with E-state index >= 15 is 0 Å². The van der Waals surface area contributed by atoms with Crippen molar-refractivity contribution in [2.45, 2.75) is 77.7 Å². The molecule has 3 aliphatic carbocycles. The molecule has 8 atom stereocenters. The number of nitrogens with one attached hydrogen (secondary N) is 2. The number of carbonyl (C=O) groups excluding carboxylic acids is 1. The van der Waals surface area contributed by atoms with Crippen LogP contribution in [-0.4, -0.2) is 46.4 Å². The van der Waals surface area contributed by atoms with E-state index in [0.717, 1.165) is 32.4 Å². The summed E-state index contributed by atoms with van der Waals surface area (Å²) in [7, 11) is 0. The van der Waals surface area contributed by atoms with Crippen molar-refractivity contribution in [3.63, 3.8) is 0 Å². The summed E-state index contributed by atoms with van der Waals surface area (Å²) in [4.78, 5) is 23.0. The Labute approximate surface area is 191 Å². The maximum Gasteiger partial charge on any atom is 0.355 e. The van der Waals surface area contributed by atoms with Gasteiger partial charge >= 0.3 is 5.97 Å². The molecule has 180 valence electrons. The van der Waals surface area contributed by atoms with Crippen LogP contribution in [0.2, 0.25) is 0 Å². The molecule has 0 aromatic heterocycles. The Balaban J connectivity index is 1.38. The van der Waals surface area contributed by atoms with E-state index in [-0.39, 0.29) is 23.8 Å². The van der Waals surface area contributed by atoms with Gasteiger partial charge in [0, 0.05) is 6.42 Å². The van der Waals surface area contributed by atoms with E-state index in [1.54, 1.807) is 0 Å². The molecular weight excluding hydrogens is 408 g/mol. The summed E-state index contributed by atoms with van der Waals surface area (Å²) in [5, 5.41) is 34.9. The van der Waals surface area contributed by atoms with Crippen molar-refractivity contribution in [2.24, 2.45) is 40.4 Å². The highest BCUT2D eigenvalue weighted by atomic mass is 16.4. The van der Waals surface area contributed by atoms with Crippen LogP contribution in [0, 0.1) is 40.4 Å². The highest BCUT2D eigenvalue weighted by Gasteiger charge is 2.61. The first-order chi connectivity index (χ1) is 15.2. The van der Waals surface area contributed by atoms with Crippen molar-refractivity contribution in [3.05, 3.63) is 12.0 Å². The molecule has 7 heteroatoms. The molecule has 0 aromatic carbocycles. The van der Waals surface area contributed by atoms with Crippen molar-refractivity contribution in [2.75, 3.05) is 13.1 Å². The number of carboxylic acid groups (broad SMARTS) is 1. The highest BCUT2D eigenvalue weighted by Crippen LogP contribution is 2.66. The van der Waals surface area contributed by atoms with E-state index in [1.165, 1.54) is 25.7 Å². The lowest BCUT2D eigenvalue weighted by atomic mass is 9.45. The number of rotatable bonds is 6. The number of aliphatic hydroxyl groups is 2. The number of carboxylic acids is 1. The summed E-state index contributed by atoms with van der Waals surface area (Å²) in [6.45, 7) is 7.04. The van der Waals surface area contributed by atoms with Crippen LogP contribution < -0.4 is 10.6 Å². The minimum absolute atomic E-state index is 0.202. The summed E-state index contributed by atoms with van der Waals surface area (Å²) >= 11 is 0. The Kier molecular flexibility index (Phi) is 6.61. The molecule has 4 fully saturated rings. The smallest absolute Gasteiger partial charge is 0.355 e. The number of fused-ring (bicyclic) bond motifs is 5. The van der Waals surface area contributed by atoms with Crippen molar-refractivity contribution >= 4 is 11.9 Å². The summed E-state index contributed by atoms with van der Waals surface area (Å²) in [6, 6.07) is 0. The van der Waals surface area contributed by atoms with Crippen LogP contribution in [0.1, 0.15) is 71.6 Å². The van der Waals surface area contributed by atoms with E-state index in [1.807, 2.05) is 0 Å². The van der Waals surface area contributed by atoms with Gasteiger partial charge in [-0.3, -0.25) is 4.79 Å². The van der Waals surface area contributed by atoms with Gasteiger partial charge in [-0.1, -0.05) is 13.8 Å². The minimum atomic E-state index is -1.35.